The molecule has 2 bridgehead atoms. The van der Waals surface area contributed by atoms with Crippen molar-refractivity contribution in [2.75, 3.05) is 0 Å². The van der Waals surface area contributed by atoms with Gasteiger partial charge in [0.05, 0.1) is 4.92 Å². The SMILES string of the molecule is O=C(O)CCCC=CC1CC2CC(NS(=O)(=O)C=Cc3ccc([N+](=O)[O-])cc3)C1C2. The number of rotatable bonds is 10. The molecular formula is C21H26N2O6S. The lowest BCUT2D eigenvalue weighted by Gasteiger charge is -2.27. The number of non-ortho nitro benzene ring substituents is 1. The van der Waals surface area contributed by atoms with E-state index < -0.39 is 20.9 Å². The van der Waals surface area contributed by atoms with Gasteiger partial charge in [-0.1, -0.05) is 12.2 Å². The van der Waals surface area contributed by atoms with Crippen molar-refractivity contribution in [2.45, 2.75) is 44.6 Å². The monoisotopic (exact) mass is 434 g/mol. The van der Waals surface area contributed by atoms with Crippen LogP contribution in [0.15, 0.2) is 41.8 Å². The lowest BCUT2D eigenvalue weighted by atomic mass is 9.85. The van der Waals surface area contributed by atoms with Crippen LogP contribution in [0.4, 0.5) is 5.69 Å². The molecule has 2 fully saturated rings. The summed E-state index contributed by atoms with van der Waals surface area (Å²) in [5.41, 5.74) is 0.526. The molecule has 0 radical (unpaired) electrons. The first kappa shape index (κ1) is 22.2. The van der Waals surface area contributed by atoms with E-state index in [0.29, 0.717) is 30.2 Å². The van der Waals surface area contributed by atoms with Gasteiger partial charge in [-0.25, -0.2) is 13.1 Å². The molecule has 0 saturated heterocycles. The minimum absolute atomic E-state index is 0.0443. The van der Waals surface area contributed by atoms with Crippen molar-refractivity contribution in [1.29, 1.82) is 0 Å². The van der Waals surface area contributed by atoms with Crippen LogP contribution in [0.2, 0.25) is 0 Å². The van der Waals surface area contributed by atoms with Crippen molar-refractivity contribution in [2.24, 2.45) is 17.8 Å². The molecule has 30 heavy (non-hydrogen) atoms. The highest BCUT2D eigenvalue weighted by Gasteiger charge is 2.46. The number of carboxylic acids is 1. The van der Waals surface area contributed by atoms with Gasteiger partial charge in [0.2, 0.25) is 10.0 Å². The van der Waals surface area contributed by atoms with Crippen molar-refractivity contribution in [3.8, 4) is 0 Å². The predicted octanol–water partition coefficient (Wildman–Crippen LogP) is 3.71. The Bertz CT molecular complexity index is 939. The molecule has 0 amide bonds. The van der Waals surface area contributed by atoms with E-state index in [1.54, 1.807) is 0 Å². The van der Waals surface area contributed by atoms with Gasteiger partial charge in [-0.15, -0.1) is 0 Å². The fourth-order valence-corrected chi connectivity index (χ4v) is 5.64. The number of nitro benzene ring substituents is 1. The van der Waals surface area contributed by atoms with E-state index in [1.165, 1.54) is 30.3 Å². The molecule has 0 spiro atoms. The number of hydrogen-bond acceptors (Lipinski definition) is 5. The van der Waals surface area contributed by atoms with E-state index >= 15 is 0 Å². The molecule has 4 atom stereocenters. The van der Waals surface area contributed by atoms with Gasteiger partial charge in [-0.2, -0.15) is 0 Å². The number of unbranched alkanes of at least 4 members (excludes halogenated alkanes) is 1. The number of nitrogens with zero attached hydrogens (tertiary/aromatic N) is 1. The van der Waals surface area contributed by atoms with Crippen LogP contribution in [0.25, 0.3) is 6.08 Å². The Morgan fingerprint density at radius 1 is 1.23 bits per heavy atom. The molecule has 0 aromatic heterocycles. The molecule has 3 rings (SSSR count). The highest BCUT2D eigenvalue weighted by Crippen LogP contribution is 2.49. The first-order valence-electron chi connectivity index (χ1n) is 10.1. The van der Waals surface area contributed by atoms with E-state index in [-0.39, 0.29) is 24.1 Å². The van der Waals surface area contributed by atoms with Gasteiger partial charge in [0.1, 0.15) is 0 Å². The van der Waals surface area contributed by atoms with Crippen LogP contribution in [-0.4, -0.2) is 30.5 Å². The first-order chi connectivity index (χ1) is 14.2. The molecule has 2 aliphatic carbocycles. The lowest BCUT2D eigenvalue weighted by Crippen LogP contribution is -2.40. The molecule has 2 N–H and O–H groups in total. The van der Waals surface area contributed by atoms with Crippen molar-refractivity contribution < 1.29 is 23.2 Å². The van der Waals surface area contributed by atoms with E-state index in [4.69, 9.17) is 5.11 Å². The van der Waals surface area contributed by atoms with Crippen molar-refractivity contribution >= 4 is 27.8 Å². The summed E-state index contributed by atoms with van der Waals surface area (Å²) < 4.78 is 27.8. The lowest BCUT2D eigenvalue weighted by molar-refractivity contribution is -0.384. The number of benzene rings is 1. The molecule has 1 aromatic rings. The standard InChI is InChI=1S/C21H26N2O6S/c24-21(25)5-3-1-2-4-17-12-16-13-19(17)20(14-16)22-30(28,29)11-10-15-6-8-18(9-7-15)23(26)27/h2,4,6-11,16-17,19-20,22H,1,3,5,12-14H2,(H,24,25). The second-order valence-corrected chi connectivity index (χ2v) is 9.63. The Morgan fingerprint density at radius 2 is 1.97 bits per heavy atom. The van der Waals surface area contributed by atoms with Crippen molar-refractivity contribution in [3.63, 3.8) is 0 Å². The normalized spacial score (nSPS) is 26.0. The van der Waals surface area contributed by atoms with Crippen LogP contribution in [0.3, 0.4) is 0 Å². The van der Waals surface area contributed by atoms with Crippen molar-refractivity contribution in [1.82, 2.24) is 4.72 Å². The fraction of sp³-hybridized carbons (Fsp3) is 0.476. The maximum Gasteiger partial charge on any atom is 0.303 e. The average Bonchev–Trinajstić information content (AvgIpc) is 3.26. The third-order valence-electron chi connectivity index (χ3n) is 5.87. The second kappa shape index (κ2) is 9.53. The second-order valence-electron chi connectivity index (χ2n) is 8.04. The molecule has 2 saturated carbocycles. The summed E-state index contributed by atoms with van der Waals surface area (Å²) in [6.45, 7) is 0. The van der Waals surface area contributed by atoms with Gasteiger partial charge in [0, 0.05) is 30.0 Å². The molecule has 4 unspecified atom stereocenters. The Hall–Kier alpha value is -2.52. The number of aliphatic carboxylic acids is 1. The largest absolute Gasteiger partial charge is 0.481 e. The number of carbonyl (C=O) groups is 1. The summed E-state index contributed by atoms with van der Waals surface area (Å²) >= 11 is 0. The van der Waals surface area contributed by atoms with Crippen LogP contribution < -0.4 is 4.72 Å². The number of carboxylic acid groups (broad SMARTS) is 1. The van der Waals surface area contributed by atoms with Crippen LogP contribution in [0, 0.1) is 27.9 Å². The minimum Gasteiger partial charge on any atom is -0.481 e. The number of sulfonamides is 1. The van der Waals surface area contributed by atoms with Crippen LogP contribution in [0.5, 0.6) is 0 Å². The summed E-state index contributed by atoms with van der Waals surface area (Å²) in [5.74, 6) is 0.294. The summed E-state index contributed by atoms with van der Waals surface area (Å²) in [6.07, 6.45) is 9.95. The zero-order valence-electron chi connectivity index (χ0n) is 16.5. The predicted molar refractivity (Wildman–Crippen MR) is 113 cm³/mol. The smallest absolute Gasteiger partial charge is 0.303 e. The number of nitrogens with one attached hydrogen (secondary N) is 1. The molecule has 0 heterocycles. The summed E-state index contributed by atoms with van der Waals surface area (Å²) in [7, 11) is -3.63. The van der Waals surface area contributed by atoms with Crippen LogP contribution in [-0.2, 0) is 14.8 Å². The van der Waals surface area contributed by atoms with Gasteiger partial charge >= 0.3 is 5.97 Å². The molecule has 8 nitrogen and oxygen atoms in total. The zero-order chi connectivity index (χ0) is 21.7. The molecular weight excluding hydrogens is 408 g/mol. The van der Waals surface area contributed by atoms with Gasteiger partial charge in [0.15, 0.2) is 0 Å². The number of allylic oxidation sites excluding steroid dienone is 2. The summed E-state index contributed by atoms with van der Waals surface area (Å²) in [4.78, 5) is 20.8. The van der Waals surface area contributed by atoms with Crippen molar-refractivity contribution in [3.05, 3.63) is 57.5 Å². The number of fused-ring (bicyclic) bond motifs is 2. The van der Waals surface area contributed by atoms with E-state index in [0.717, 1.165) is 24.7 Å². The zero-order valence-corrected chi connectivity index (χ0v) is 17.3. The Morgan fingerprint density at radius 3 is 2.60 bits per heavy atom. The fourth-order valence-electron chi connectivity index (χ4n) is 4.53. The van der Waals surface area contributed by atoms with Gasteiger partial charge < -0.3 is 5.11 Å². The Balaban J connectivity index is 1.55. The van der Waals surface area contributed by atoms with Gasteiger partial charge in [0.25, 0.3) is 5.69 Å². The summed E-state index contributed by atoms with van der Waals surface area (Å²) in [6, 6.07) is 5.58. The molecule has 9 heteroatoms. The van der Waals surface area contributed by atoms with Crippen LogP contribution in [0.1, 0.15) is 44.1 Å². The topological polar surface area (TPSA) is 127 Å². The number of nitro groups is 1. The first-order valence-corrected chi connectivity index (χ1v) is 11.6. The maximum absolute atomic E-state index is 12.5. The van der Waals surface area contributed by atoms with E-state index in [9.17, 15) is 23.3 Å². The van der Waals surface area contributed by atoms with E-state index in [1.807, 2.05) is 6.08 Å². The number of hydrogen-bond donors (Lipinski definition) is 2. The van der Waals surface area contributed by atoms with E-state index in [2.05, 4.69) is 10.8 Å². The van der Waals surface area contributed by atoms with Gasteiger partial charge in [-0.3, -0.25) is 14.9 Å². The molecule has 162 valence electrons. The third-order valence-corrected chi connectivity index (χ3v) is 6.99. The van der Waals surface area contributed by atoms with Crippen LogP contribution >= 0.6 is 0 Å². The Labute approximate surface area is 175 Å². The average molecular weight is 435 g/mol. The minimum atomic E-state index is -3.63. The van der Waals surface area contributed by atoms with Gasteiger partial charge in [-0.05, 0) is 73.6 Å². The summed E-state index contributed by atoms with van der Waals surface area (Å²) in [5, 5.41) is 20.5. The Kier molecular flexibility index (Phi) is 7.04. The quantitative estimate of drug-likeness (QED) is 0.250. The maximum atomic E-state index is 12.5. The highest BCUT2D eigenvalue weighted by atomic mass is 32.2. The highest BCUT2D eigenvalue weighted by molar-refractivity contribution is 7.92. The molecule has 2 aliphatic rings. The molecule has 0 aliphatic heterocycles. The third kappa shape index (κ3) is 5.99. The molecule has 1 aromatic carbocycles.